The molecule has 0 atom stereocenters. The van der Waals surface area contributed by atoms with Gasteiger partial charge in [-0.3, -0.25) is 0 Å². The van der Waals surface area contributed by atoms with E-state index in [9.17, 15) is 8.42 Å². The first-order valence-corrected chi connectivity index (χ1v) is 9.11. The molecular formula is C14H20N4O2S. The Morgan fingerprint density at radius 3 is 2.76 bits per heavy atom. The molecule has 0 aliphatic carbocycles. The first kappa shape index (κ1) is 14.3. The predicted molar refractivity (Wildman–Crippen MR) is 83.2 cm³/mol. The second-order valence-electron chi connectivity index (χ2n) is 5.53. The third-order valence-electron chi connectivity index (χ3n) is 4.02. The van der Waals surface area contributed by atoms with Gasteiger partial charge in [-0.1, -0.05) is 0 Å². The maximum absolute atomic E-state index is 11.5. The number of rotatable bonds is 3. The maximum atomic E-state index is 11.5. The van der Waals surface area contributed by atoms with Gasteiger partial charge in [0.2, 0.25) is 0 Å². The van der Waals surface area contributed by atoms with Crippen molar-refractivity contribution in [2.24, 2.45) is 0 Å². The van der Waals surface area contributed by atoms with E-state index in [1.165, 1.54) is 0 Å². The molecule has 1 N–H and O–H groups in total. The molecule has 1 aliphatic rings. The molecule has 0 spiro atoms. The number of nitrogens with zero attached hydrogens (tertiary/aromatic N) is 3. The largest absolute Gasteiger partial charge is 0.382 e. The summed E-state index contributed by atoms with van der Waals surface area (Å²) >= 11 is 0. The van der Waals surface area contributed by atoms with Crippen LogP contribution in [0.5, 0.6) is 0 Å². The number of hydrogen-bond acceptors (Lipinski definition) is 5. The van der Waals surface area contributed by atoms with Crippen molar-refractivity contribution >= 4 is 26.6 Å². The summed E-state index contributed by atoms with van der Waals surface area (Å²) in [7, 11) is -2.83. The normalized spacial score (nSPS) is 19.0. The lowest BCUT2D eigenvalue weighted by atomic mass is 10.1. The molecule has 6 nitrogen and oxygen atoms in total. The summed E-state index contributed by atoms with van der Waals surface area (Å²) in [5, 5.41) is 9.02. The van der Waals surface area contributed by atoms with Gasteiger partial charge in [-0.05, 0) is 32.8 Å². The quantitative estimate of drug-likeness (QED) is 0.934. The van der Waals surface area contributed by atoms with Crippen molar-refractivity contribution in [2.75, 3.05) is 16.8 Å². The zero-order valence-electron chi connectivity index (χ0n) is 12.3. The fourth-order valence-corrected chi connectivity index (χ4v) is 4.37. The second kappa shape index (κ2) is 5.29. The molecule has 3 heterocycles. The van der Waals surface area contributed by atoms with Crippen LogP contribution in [0.25, 0.3) is 11.0 Å². The number of hydrogen-bond donors (Lipinski definition) is 1. The summed E-state index contributed by atoms with van der Waals surface area (Å²) < 4.78 is 24.9. The molecule has 0 aromatic carbocycles. The van der Waals surface area contributed by atoms with E-state index in [-0.39, 0.29) is 17.5 Å². The summed E-state index contributed by atoms with van der Waals surface area (Å²) in [6, 6.07) is 2.14. The van der Waals surface area contributed by atoms with Crippen molar-refractivity contribution in [3.8, 4) is 0 Å². The minimum atomic E-state index is -2.83. The van der Waals surface area contributed by atoms with E-state index in [1.54, 1.807) is 6.20 Å². The number of fused-ring (bicyclic) bond motifs is 1. The van der Waals surface area contributed by atoms with Crippen LogP contribution in [0, 0.1) is 6.92 Å². The van der Waals surface area contributed by atoms with Crippen LogP contribution in [-0.4, -0.2) is 40.7 Å². The predicted octanol–water partition coefficient (Wildman–Crippen LogP) is 1.75. The van der Waals surface area contributed by atoms with Crippen molar-refractivity contribution < 1.29 is 8.42 Å². The molecule has 0 amide bonds. The van der Waals surface area contributed by atoms with Crippen LogP contribution in [0.1, 0.15) is 25.5 Å². The van der Waals surface area contributed by atoms with Gasteiger partial charge < -0.3 is 5.32 Å². The Labute approximate surface area is 124 Å². The number of anilines is 1. The van der Waals surface area contributed by atoms with Crippen molar-refractivity contribution in [2.45, 2.75) is 39.3 Å². The molecule has 1 aliphatic heterocycles. The van der Waals surface area contributed by atoms with Crippen LogP contribution in [0.15, 0.2) is 12.3 Å². The fraction of sp³-hybridized carbons (Fsp3) is 0.571. The third kappa shape index (κ3) is 2.74. The molecule has 114 valence electrons. The van der Waals surface area contributed by atoms with Crippen LogP contribution in [0.3, 0.4) is 0 Å². The monoisotopic (exact) mass is 308 g/mol. The Hall–Kier alpha value is -1.63. The Kier molecular flexibility index (Phi) is 3.61. The first-order chi connectivity index (χ1) is 10.00. The summed E-state index contributed by atoms with van der Waals surface area (Å²) in [6.07, 6.45) is 3.09. The zero-order chi connectivity index (χ0) is 15.0. The van der Waals surface area contributed by atoms with E-state index >= 15 is 0 Å². The highest BCUT2D eigenvalue weighted by atomic mass is 32.2. The fourth-order valence-electron chi connectivity index (χ4n) is 2.88. The maximum Gasteiger partial charge on any atom is 0.160 e. The SMILES string of the molecule is CCn1nc(C)c2c(NC3CCS(=O)(=O)CC3)ccnc21. The van der Waals surface area contributed by atoms with Gasteiger partial charge >= 0.3 is 0 Å². The number of aromatic nitrogens is 3. The Balaban J connectivity index is 1.89. The van der Waals surface area contributed by atoms with Crippen LogP contribution in [0.2, 0.25) is 0 Å². The molecule has 0 radical (unpaired) electrons. The highest BCUT2D eigenvalue weighted by Gasteiger charge is 2.24. The molecule has 2 aromatic heterocycles. The minimum absolute atomic E-state index is 0.198. The second-order valence-corrected chi connectivity index (χ2v) is 7.83. The Bertz CT molecular complexity index is 753. The number of nitrogens with one attached hydrogen (secondary N) is 1. The summed E-state index contributed by atoms with van der Waals surface area (Å²) in [5.74, 6) is 0.540. The lowest BCUT2D eigenvalue weighted by Crippen LogP contribution is -2.32. The number of pyridine rings is 1. The number of sulfone groups is 1. The summed E-state index contributed by atoms with van der Waals surface area (Å²) in [5.41, 5.74) is 2.83. The van der Waals surface area contributed by atoms with Crippen LogP contribution < -0.4 is 5.32 Å². The molecule has 21 heavy (non-hydrogen) atoms. The molecule has 0 bridgehead atoms. The van der Waals surface area contributed by atoms with Gasteiger partial charge in [0.15, 0.2) is 5.65 Å². The highest BCUT2D eigenvalue weighted by molar-refractivity contribution is 7.91. The molecule has 1 saturated heterocycles. The molecule has 0 unspecified atom stereocenters. The van der Waals surface area contributed by atoms with E-state index in [0.29, 0.717) is 12.8 Å². The Morgan fingerprint density at radius 2 is 2.10 bits per heavy atom. The van der Waals surface area contributed by atoms with Crippen molar-refractivity contribution in [1.29, 1.82) is 0 Å². The lowest BCUT2D eigenvalue weighted by molar-refractivity contribution is 0.560. The molecule has 3 rings (SSSR count). The molecular weight excluding hydrogens is 288 g/mol. The molecule has 7 heteroatoms. The summed E-state index contributed by atoms with van der Waals surface area (Å²) in [4.78, 5) is 4.41. The smallest absolute Gasteiger partial charge is 0.160 e. The van der Waals surface area contributed by atoms with Crippen molar-refractivity contribution in [1.82, 2.24) is 14.8 Å². The van der Waals surface area contributed by atoms with E-state index in [0.717, 1.165) is 29.0 Å². The average Bonchev–Trinajstić information content (AvgIpc) is 2.79. The van der Waals surface area contributed by atoms with Gasteiger partial charge in [0.1, 0.15) is 9.84 Å². The van der Waals surface area contributed by atoms with E-state index < -0.39 is 9.84 Å². The third-order valence-corrected chi connectivity index (χ3v) is 5.74. The average molecular weight is 308 g/mol. The van der Waals surface area contributed by atoms with Gasteiger partial charge in [-0.15, -0.1) is 0 Å². The van der Waals surface area contributed by atoms with E-state index in [1.807, 2.05) is 24.6 Å². The van der Waals surface area contributed by atoms with Gasteiger partial charge in [0.05, 0.1) is 22.6 Å². The number of aryl methyl sites for hydroxylation is 2. The molecule has 1 fully saturated rings. The lowest BCUT2D eigenvalue weighted by Gasteiger charge is -2.24. The van der Waals surface area contributed by atoms with Crippen molar-refractivity contribution in [3.05, 3.63) is 18.0 Å². The molecule has 0 saturated carbocycles. The van der Waals surface area contributed by atoms with Crippen molar-refractivity contribution in [3.63, 3.8) is 0 Å². The van der Waals surface area contributed by atoms with Gasteiger partial charge in [0, 0.05) is 24.5 Å². The zero-order valence-corrected chi connectivity index (χ0v) is 13.2. The van der Waals surface area contributed by atoms with Gasteiger partial charge in [-0.25, -0.2) is 18.1 Å². The Morgan fingerprint density at radius 1 is 1.38 bits per heavy atom. The van der Waals surface area contributed by atoms with E-state index in [2.05, 4.69) is 15.4 Å². The minimum Gasteiger partial charge on any atom is -0.382 e. The molecule has 2 aromatic rings. The highest BCUT2D eigenvalue weighted by Crippen LogP contribution is 2.27. The van der Waals surface area contributed by atoms with E-state index in [4.69, 9.17) is 0 Å². The van der Waals surface area contributed by atoms with Crippen LogP contribution in [-0.2, 0) is 16.4 Å². The summed E-state index contributed by atoms with van der Waals surface area (Å²) in [6.45, 7) is 4.80. The van der Waals surface area contributed by atoms with Gasteiger partial charge in [0.25, 0.3) is 0 Å². The van der Waals surface area contributed by atoms with Crippen LogP contribution in [0.4, 0.5) is 5.69 Å². The topological polar surface area (TPSA) is 76.9 Å². The van der Waals surface area contributed by atoms with Crippen LogP contribution >= 0.6 is 0 Å². The standard InChI is InChI=1S/C14H20N4O2S/c1-3-18-14-13(10(2)17-18)12(4-7-15-14)16-11-5-8-21(19,20)9-6-11/h4,7,11H,3,5-6,8-9H2,1-2H3,(H,15,16). The first-order valence-electron chi connectivity index (χ1n) is 7.29. The van der Waals surface area contributed by atoms with Gasteiger partial charge in [-0.2, -0.15) is 5.10 Å².